The van der Waals surface area contributed by atoms with Crippen LogP contribution < -0.4 is 0 Å². The Hall–Kier alpha value is -1.02. The van der Waals surface area contributed by atoms with Crippen molar-refractivity contribution in [3.63, 3.8) is 0 Å². The summed E-state index contributed by atoms with van der Waals surface area (Å²) in [6.45, 7) is 1.92. The summed E-state index contributed by atoms with van der Waals surface area (Å²) in [4.78, 5) is 11.5. The van der Waals surface area contributed by atoms with E-state index in [2.05, 4.69) is 0 Å². The van der Waals surface area contributed by atoms with E-state index in [1.807, 2.05) is 19.1 Å². The molecule has 76 valence electrons. The minimum absolute atomic E-state index is 0.0939. The molecule has 1 aliphatic rings. The van der Waals surface area contributed by atoms with Crippen LogP contribution in [-0.4, -0.2) is 12.9 Å². The van der Waals surface area contributed by atoms with E-state index >= 15 is 0 Å². The smallest absolute Gasteiger partial charge is 0.165 e. The molecular formula is C11H13ClO2. The lowest BCUT2D eigenvalue weighted by Crippen LogP contribution is -1.96. The fraction of sp³-hybridized carbons (Fsp3) is 0.364. The van der Waals surface area contributed by atoms with Crippen LogP contribution in [0.4, 0.5) is 0 Å². The number of methoxy groups -OCH3 is 1. The second-order valence-corrected chi connectivity index (χ2v) is 3.43. The molecule has 0 N–H and O–H groups in total. The van der Waals surface area contributed by atoms with Gasteiger partial charge in [0.1, 0.15) is 6.26 Å². The third-order valence-corrected chi connectivity index (χ3v) is 2.33. The maximum Gasteiger partial charge on any atom is 0.165 e. The van der Waals surface area contributed by atoms with Gasteiger partial charge in [-0.25, -0.2) is 0 Å². The van der Waals surface area contributed by atoms with E-state index in [1.54, 1.807) is 0 Å². The lowest BCUT2D eigenvalue weighted by atomic mass is 10.1. The Morgan fingerprint density at radius 2 is 2.21 bits per heavy atom. The number of halogens is 1. The Labute approximate surface area is 88.9 Å². The average molecular weight is 213 g/mol. The van der Waals surface area contributed by atoms with Crippen LogP contribution in [0.3, 0.4) is 0 Å². The summed E-state index contributed by atoms with van der Waals surface area (Å²) in [7, 11) is 1.51. The van der Waals surface area contributed by atoms with Gasteiger partial charge in [-0.3, -0.25) is 4.79 Å². The molecule has 1 rings (SSSR count). The normalized spacial score (nSPS) is 18.5. The van der Waals surface area contributed by atoms with E-state index in [0.717, 1.165) is 12.0 Å². The minimum Gasteiger partial charge on any atom is -0.503 e. The maximum atomic E-state index is 11.5. The first-order valence-corrected chi connectivity index (χ1v) is 4.86. The number of carbonyl (C=O) groups excluding carboxylic acids is 1. The third-order valence-electron chi connectivity index (χ3n) is 2.05. The third kappa shape index (κ3) is 2.26. The van der Waals surface area contributed by atoms with Crippen molar-refractivity contribution >= 4 is 17.4 Å². The fourth-order valence-electron chi connectivity index (χ4n) is 1.49. The van der Waals surface area contributed by atoms with Crippen LogP contribution in [0, 0.1) is 0 Å². The molecule has 0 heterocycles. The molecule has 1 aliphatic carbocycles. The molecule has 0 aromatic carbocycles. The lowest BCUT2D eigenvalue weighted by molar-refractivity contribution is -0.114. The number of carbonyl (C=O) groups is 1. The molecule has 14 heavy (non-hydrogen) atoms. The molecular weight excluding hydrogens is 200 g/mol. The van der Waals surface area contributed by atoms with Gasteiger partial charge in [-0.1, -0.05) is 23.8 Å². The van der Waals surface area contributed by atoms with Gasteiger partial charge in [0.2, 0.25) is 0 Å². The summed E-state index contributed by atoms with van der Waals surface area (Å²) in [5.74, 6) is 0.0939. The summed E-state index contributed by atoms with van der Waals surface area (Å²) < 4.78 is 4.79. The molecule has 0 spiro atoms. The molecule has 0 aromatic heterocycles. The monoisotopic (exact) mass is 212 g/mol. The minimum atomic E-state index is 0.0939. The molecule has 3 heteroatoms. The first-order chi connectivity index (χ1) is 6.70. The SMILES string of the molecule is C/C=C\C1=C(C(/Cl)=C/OC)C(=O)CC1. The van der Waals surface area contributed by atoms with E-state index < -0.39 is 0 Å². The van der Waals surface area contributed by atoms with Gasteiger partial charge in [0, 0.05) is 12.0 Å². The van der Waals surface area contributed by atoms with Crippen LogP contribution >= 0.6 is 11.6 Å². The molecule has 0 saturated carbocycles. The molecule has 0 radical (unpaired) electrons. The van der Waals surface area contributed by atoms with Gasteiger partial charge in [-0.2, -0.15) is 0 Å². The Bertz CT molecular complexity index is 324. The summed E-state index contributed by atoms with van der Waals surface area (Å²) in [5.41, 5.74) is 1.60. The Morgan fingerprint density at radius 1 is 1.50 bits per heavy atom. The van der Waals surface area contributed by atoms with Crippen molar-refractivity contribution in [2.45, 2.75) is 19.8 Å². The summed E-state index contributed by atoms with van der Waals surface area (Å²) in [6, 6.07) is 0. The van der Waals surface area contributed by atoms with Crippen molar-refractivity contribution in [1.29, 1.82) is 0 Å². The average Bonchev–Trinajstić information content (AvgIpc) is 2.48. The second-order valence-electron chi connectivity index (χ2n) is 3.02. The van der Waals surface area contributed by atoms with Crippen molar-refractivity contribution in [3.05, 3.63) is 34.6 Å². The van der Waals surface area contributed by atoms with Gasteiger partial charge in [0.25, 0.3) is 0 Å². The van der Waals surface area contributed by atoms with Crippen LogP contribution in [0.1, 0.15) is 19.8 Å². The van der Waals surface area contributed by atoms with Crippen molar-refractivity contribution in [2.75, 3.05) is 7.11 Å². The van der Waals surface area contributed by atoms with Gasteiger partial charge in [0.05, 0.1) is 12.1 Å². The molecule has 0 unspecified atom stereocenters. The number of rotatable bonds is 3. The Kier molecular flexibility index (Phi) is 3.96. The molecule has 0 fully saturated rings. The fourth-order valence-corrected chi connectivity index (χ4v) is 1.81. The molecule has 0 amide bonds. The highest BCUT2D eigenvalue weighted by Crippen LogP contribution is 2.31. The first-order valence-electron chi connectivity index (χ1n) is 4.48. The number of hydrogen-bond acceptors (Lipinski definition) is 2. The Balaban J connectivity index is 3.06. The summed E-state index contributed by atoms with van der Waals surface area (Å²) in [6.07, 6.45) is 6.54. The number of Topliss-reactive ketones (excluding diaryl/α,β-unsaturated/α-hetero) is 1. The van der Waals surface area contributed by atoms with Crippen LogP contribution in [0.5, 0.6) is 0 Å². The lowest BCUT2D eigenvalue weighted by Gasteiger charge is -2.00. The first kappa shape index (κ1) is 11.1. The second kappa shape index (κ2) is 5.01. The zero-order valence-electron chi connectivity index (χ0n) is 8.34. The quantitative estimate of drug-likeness (QED) is 0.673. The molecule has 0 aliphatic heterocycles. The number of hydrogen-bond donors (Lipinski definition) is 0. The van der Waals surface area contributed by atoms with Crippen LogP contribution in [-0.2, 0) is 9.53 Å². The predicted octanol–water partition coefficient (Wildman–Crippen LogP) is 2.95. The molecule has 0 aromatic rings. The van der Waals surface area contributed by atoms with Crippen molar-refractivity contribution in [3.8, 4) is 0 Å². The van der Waals surface area contributed by atoms with Crippen molar-refractivity contribution in [2.24, 2.45) is 0 Å². The van der Waals surface area contributed by atoms with Crippen LogP contribution in [0.15, 0.2) is 34.6 Å². The largest absolute Gasteiger partial charge is 0.503 e. The molecule has 2 nitrogen and oxygen atoms in total. The highest BCUT2D eigenvalue weighted by molar-refractivity contribution is 6.35. The topological polar surface area (TPSA) is 26.3 Å². The van der Waals surface area contributed by atoms with Gasteiger partial charge in [0.15, 0.2) is 5.78 Å². The Morgan fingerprint density at radius 3 is 2.79 bits per heavy atom. The van der Waals surface area contributed by atoms with E-state index in [0.29, 0.717) is 17.0 Å². The highest BCUT2D eigenvalue weighted by atomic mass is 35.5. The van der Waals surface area contributed by atoms with Crippen molar-refractivity contribution in [1.82, 2.24) is 0 Å². The number of allylic oxidation sites excluding steroid dienone is 5. The predicted molar refractivity (Wildman–Crippen MR) is 57.0 cm³/mol. The van der Waals surface area contributed by atoms with E-state index in [-0.39, 0.29) is 5.78 Å². The number of ketones is 1. The molecule has 0 saturated heterocycles. The van der Waals surface area contributed by atoms with E-state index in [9.17, 15) is 4.79 Å². The van der Waals surface area contributed by atoms with Gasteiger partial charge < -0.3 is 4.74 Å². The van der Waals surface area contributed by atoms with Crippen molar-refractivity contribution < 1.29 is 9.53 Å². The molecule has 0 atom stereocenters. The highest BCUT2D eigenvalue weighted by Gasteiger charge is 2.23. The van der Waals surface area contributed by atoms with Gasteiger partial charge >= 0.3 is 0 Å². The number of ether oxygens (including phenoxy) is 1. The van der Waals surface area contributed by atoms with E-state index in [4.69, 9.17) is 16.3 Å². The van der Waals surface area contributed by atoms with Crippen LogP contribution in [0.25, 0.3) is 0 Å². The zero-order chi connectivity index (χ0) is 10.6. The molecule has 0 bridgehead atoms. The van der Waals surface area contributed by atoms with Gasteiger partial charge in [-0.05, 0) is 18.9 Å². The maximum absolute atomic E-state index is 11.5. The van der Waals surface area contributed by atoms with Crippen LogP contribution in [0.2, 0.25) is 0 Å². The zero-order valence-corrected chi connectivity index (χ0v) is 9.10. The van der Waals surface area contributed by atoms with E-state index in [1.165, 1.54) is 13.4 Å². The standard InChI is InChI=1S/C11H13ClO2/c1-3-4-8-5-6-10(13)11(8)9(12)7-14-2/h3-4,7H,5-6H2,1-2H3/b4-3-,9-7-. The summed E-state index contributed by atoms with van der Waals surface area (Å²) >= 11 is 5.94. The summed E-state index contributed by atoms with van der Waals surface area (Å²) in [5, 5.41) is 0.392. The van der Waals surface area contributed by atoms with Gasteiger partial charge in [-0.15, -0.1) is 0 Å².